The molecule has 1 heterocycles. The molecule has 0 aliphatic heterocycles. The van der Waals surface area contributed by atoms with E-state index in [-0.39, 0.29) is 11.7 Å². The summed E-state index contributed by atoms with van der Waals surface area (Å²) in [5.41, 5.74) is 3.40. The molecule has 0 saturated heterocycles. The molecule has 0 fully saturated rings. The van der Waals surface area contributed by atoms with Gasteiger partial charge in [-0.05, 0) is 59.7 Å². The molecule has 142 valence electrons. The SMILES string of the molecule is COc1ccc(/C=C/C(=O)Nc2cccc(NCc3ccncc3)c2)cc1O. The molecule has 3 aromatic rings. The van der Waals surface area contributed by atoms with Crippen LogP contribution in [0.5, 0.6) is 11.5 Å². The second-order valence-electron chi connectivity index (χ2n) is 6.04. The Morgan fingerprint density at radius 3 is 2.64 bits per heavy atom. The van der Waals surface area contributed by atoms with Crippen LogP contribution in [0.25, 0.3) is 6.08 Å². The molecule has 0 atom stereocenters. The van der Waals surface area contributed by atoms with Crippen LogP contribution in [0.4, 0.5) is 11.4 Å². The van der Waals surface area contributed by atoms with Gasteiger partial charge in [-0.25, -0.2) is 0 Å². The molecule has 6 nitrogen and oxygen atoms in total. The maximum absolute atomic E-state index is 12.2. The van der Waals surface area contributed by atoms with Gasteiger partial charge >= 0.3 is 0 Å². The molecular weight excluding hydrogens is 354 g/mol. The van der Waals surface area contributed by atoms with Crippen LogP contribution in [0.15, 0.2) is 73.1 Å². The Morgan fingerprint density at radius 1 is 1.11 bits per heavy atom. The topological polar surface area (TPSA) is 83.5 Å². The van der Waals surface area contributed by atoms with E-state index < -0.39 is 0 Å². The number of ether oxygens (including phenoxy) is 1. The summed E-state index contributed by atoms with van der Waals surface area (Å²) in [5.74, 6) is 0.150. The highest BCUT2D eigenvalue weighted by molar-refractivity contribution is 6.02. The molecule has 28 heavy (non-hydrogen) atoms. The van der Waals surface area contributed by atoms with Crippen molar-refractivity contribution < 1.29 is 14.6 Å². The third-order valence-corrected chi connectivity index (χ3v) is 4.01. The van der Waals surface area contributed by atoms with Crippen molar-refractivity contribution in [3.05, 3.63) is 84.2 Å². The predicted octanol–water partition coefficient (Wildman–Crippen LogP) is 4.06. The number of aromatic nitrogens is 1. The number of amides is 1. The first-order chi connectivity index (χ1) is 13.6. The van der Waals surface area contributed by atoms with Crippen molar-refractivity contribution in [1.82, 2.24) is 4.98 Å². The minimum Gasteiger partial charge on any atom is -0.504 e. The zero-order chi connectivity index (χ0) is 19.8. The largest absolute Gasteiger partial charge is 0.504 e. The molecule has 0 bridgehead atoms. The number of aromatic hydroxyl groups is 1. The number of phenols is 1. The summed E-state index contributed by atoms with van der Waals surface area (Å²) in [6.45, 7) is 0.667. The molecule has 0 spiro atoms. The standard InChI is InChI=1S/C22H21N3O3/c1-28-21-7-5-16(13-20(21)26)6-8-22(27)25-19-4-2-3-18(14-19)24-15-17-9-11-23-12-10-17/h2-14,24,26H,15H2,1H3,(H,25,27)/b8-6+. The number of nitrogens with zero attached hydrogens (tertiary/aromatic N) is 1. The average Bonchev–Trinajstić information content (AvgIpc) is 2.72. The molecule has 1 amide bonds. The number of nitrogens with one attached hydrogen (secondary N) is 2. The molecule has 0 saturated carbocycles. The fourth-order valence-corrected chi connectivity index (χ4v) is 2.58. The van der Waals surface area contributed by atoms with E-state index in [1.54, 1.807) is 30.6 Å². The quantitative estimate of drug-likeness (QED) is 0.543. The number of hydrogen-bond acceptors (Lipinski definition) is 5. The second-order valence-corrected chi connectivity index (χ2v) is 6.04. The van der Waals surface area contributed by atoms with E-state index in [2.05, 4.69) is 15.6 Å². The Bertz CT molecular complexity index is 972. The van der Waals surface area contributed by atoms with Gasteiger partial charge in [0.25, 0.3) is 0 Å². The van der Waals surface area contributed by atoms with Gasteiger partial charge in [0.2, 0.25) is 5.91 Å². The van der Waals surface area contributed by atoms with Gasteiger partial charge in [-0.1, -0.05) is 12.1 Å². The second kappa shape index (κ2) is 9.23. The summed E-state index contributed by atoms with van der Waals surface area (Å²) in [6.07, 6.45) is 6.55. The molecule has 2 aromatic carbocycles. The number of rotatable bonds is 7. The van der Waals surface area contributed by atoms with Crippen molar-refractivity contribution in [2.45, 2.75) is 6.54 Å². The number of carbonyl (C=O) groups excluding carboxylic acids is 1. The lowest BCUT2D eigenvalue weighted by Crippen LogP contribution is -2.08. The van der Waals surface area contributed by atoms with E-state index in [4.69, 9.17) is 4.74 Å². The Hall–Kier alpha value is -3.80. The Balaban J connectivity index is 1.58. The van der Waals surface area contributed by atoms with E-state index in [1.165, 1.54) is 19.3 Å². The van der Waals surface area contributed by atoms with Crippen molar-refractivity contribution in [3.63, 3.8) is 0 Å². The molecular formula is C22H21N3O3. The Kier molecular flexibility index (Phi) is 6.25. The number of anilines is 2. The predicted molar refractivity (Wildman–Crippen MR) is 110 cm³/mol. The number of pyridine rings is 1. The Morgan fingerprint density at radius 2 is 1.89 bits per heavy atom. The molecule has 3 rings (SSSR count). The molecule has 0 unspecified atom stereocenters. The molecule has 0 aliphatic carbocycles. The first-order valence-corrected chi connectivity index (χ1v) is 8.73. The number of hydrogen-bond donors (Lipinski definition) is 3. The lowest BCUT2D eigenvalue weighted by atomic mass is 10.2. The highest BCUT2D eigenvalue weighted by atomic mass is 16.5. The minimum absolute atomic E-state index is 0.0260. The summed E-state index contributed by atoms with van der Waals surface area (Å²) in [5, 5.41) is 15.9. The van der Waals surface area contributed by atoms with Gasteiger partial charge in [0.05, 0.1) is 7.11 Å². The normalized spacial score (nSPS) is 10.6. The highest BCUT2D eigenvalue weighted by Gasteiger charge is 2.02. The monoisotopic (exact) mass is 375 g/mol. The van der Waals surface area contributed by atoms with E-state index in [0.717, 1.165) is 11.3 Å². The minimum atomic E-state index is -0.262. The zero-order valence-electron chi connectivity index (χ0n) is 15.4. The molecule has 3 N–H and O–H groups in total. The third-order valence-electron chi connectivity index (χ3n) is 4.01. The molecule has 6 heteroatoms. The van der Waals surface area contributed by atoms with Gasteiger partial charge in [-0.3, -0.25) is 9.78 Å². The van der Waals surface area contributed by atoms with Crippen molar-refractivity contribution >= 4 is 23.4 Å². The molecule has 0 radical (unpaired) electrons. The molecule has 1 aromatic heterocycles. The molecule has 0 aliphatic rings. The summed E-state index contributed by atoms with van der Waals surface area (Å²) in [4.78, 5) is 16.2. The fraction of sp³-hybridized carbons (Fsp3) is 0.0909. The van der Waals surface area contributed by atoms with Crippen LogP contribution in [0.1, 0.15) is 11.1 Å². The van der Waals surface area contributed by atoms with Gasteiger partial charge in [-0.2, -0.15) is 0 Å². The summed E-state index contributed by atoms with van der Waals surface area (Å²) in [7, 11) is 1.48. The van der Waals surface area contributed by atoms with Crippen molar-refractivity contribution in [2.24, 2.45) is 0 Å². The lowest BCUT2D eigenvalue weighted by Gasteiger charge is -2.09. The zero-order valence-corrected chi connectivity index (χ0v) is 15.4. The first-order valence-electron chi connectivity index (χ1n) is 8.73. The van der Waals surface area contributed by atoms with Gasteiger partial charge in [-0.15, -0.1) is 0 Å². The number of methoxy groups -OCH3 is 1. The van der Waals surface area contributed by atoms with E-state index in [0.29, 0.717) is 23.5 Å². The van der Waals surface area contributed by atoms with Crippen molar-refractivity contribution in [3.8, 4) is 11.5 Å². The van der Waals surface area contributed by atoms with E-state index >= 15 is 0 Å². The van der Waals surface area contributed by atoms with Crippen LogP contribution in [-0.2, 0) is 11.3 Å². The maximum atomic E-state index is 12.2. The van der Waals surface area contributed by atoms with Crippen LogP contribution in [-0.4, -0.2) is 23.1 Å². The van der Waals surface area contributed by atoms with Gasteiger partial charge in [0, 0.05) is 36.4 Å². The van der Waals surface area contributed by atoms with Crippen molar-refractivity contribution in [1.29, 1.82) is 0 Å². The summed E-state index contributed by atoms with van der Waals surface area (Å²) in [6, 6.07) is 16.3. The third kappa shape index (κ3) is 5.35. The van der Waals surface area contributed by atoms with Crippen LogP contribution in [0.3, 0.4) is 0 Å². The highest BCUT2D eigenvalue weighted by Crippen LogP contribution is 2.26. The smallest absolute Gasteiger partial charge is 0.248 e. The summed E-state index contributed by atoms with van der Waals surface area (Å²) >= 11 is 0. The fourth-order valence-electron chi connectivity index (χ4n) is 2.58. The van der Waals surface area contributed by atoms with Gasteiger partial charge in [0.15, 0.2) is 11.5 Å². The van der Waals surface area contributed by atoms with Crippen LogP contribution < -0.4 is 15.4 Å². The van der Waals surface area contributed by atoms with Crippen LogP contribution in [0, 0.1) is 0 Å². The van der Waals surface area contributed by atoms with Gasteiger partial charge in [0.1, 0.15) is 0 Å². The lowest BCUT2D eigenvalue weighted by molar-refractivity contribution is -0.111. The number of carbonyl (C=O) groups is 1. The van der Waals surface area contributed by atoms with E-state index in [9.17, 15) is 9.90 Å². The Labute approximate surface area is 163 Å². The van der Waals surface area contributed by atoms with Crippen LogP contribution >= 0.6 is 0 Å². The first kappa shape index (κ1) is 19.0. The van der Waals surface area contributed by atoms with E-state index in [1.807, 2.05) is 36.4 Å². The van der Waals surface area contributed by atoms with Crippen molar-refractivity contribution in [2.75, 3.05) is 17.7 Å². The van der Waals surface area contributed by atoms with Gasteiger partial charge < -0.3 is 20.5 Å². The average molecular weight is 375 g/mol. The summed E-state index contributed by atoms with van der Waals surface area (Å²) < 4.78 is 5.00. The number of phenolic OH excluding ortho intramolecular Hbond substituents is 1. The number of benzene rings is 2. The maximum Gasteiger partial charge on any atom is 0.248 e. The van der Waals surface area contributed by atoms with Crippen LogP contribution in [0.2, 0.25) is 0 Å².